The molecule has 0 aromatic rings. The third kappa shape index (κ3) is 4.34. The molecule has 86 valence electrons. The number of carboxylic acids is 1. The monoisotopic (exact) mass is 276 g/mol. The van der Waals surface area contributed by atoms with Gasteiger partial charge in [0.15, 0.2) is 0 Å². The molecule has 1 unspecified atom stereocenters. The maximum atomic E-state index is 10.4. The fourth-order valence-electron chi connectivity index (χ4n) is 1.75. The fraction of sp³-hybridized carbons (Fsp3) is 0.727. The van der Waals surface area contributed by atoms with Crippen molar-refractivity contribution < 1.29 is 14.6 Å². The van der Waals surface area contributed by atoms with Gasteiger partial charge in [-0.15, -0.1) is 0 Å². The van der Waals surface area contributed by atoms with Crippen LogP contribution in [0.15, 0.2) is 10.1 Å². The minimum absolute atomic E-state index is 0.0681. The van der Waals surface area contributed by atoms with E-state index in [2.05, 4.69) is 22.9 Å². The molecular weight excluding hydrogens is 260 g/mol. The molecule has 1 rings (SSSR count). The van der Waals surface area contributed by atoms with Gasteiger partial charge >= 0.3 is 5.97 Å². The average molecular weight is 277 g/mol. The maximum Gasteiger partial charge on any atom is 0.329 e. The van der Waals surface area contributed by atoms with Crippen LogP contribution in [0.25, 0.3) is 0 Å². The predicted octanol–water partition coefficient (Wildman–Crippen LogP) is 3.09. The van der Waals surface area contributed by atoms with Crippen molar-refractivity contribution in [2.75, 3.05) is 6.61 Å². The van der Waals surface area contributed by atoms with Crippen LogP contribution < -0.4 is 0 Å². The van der Waals surface area contributed by atoms with Gasteiger partial charge in [-0.2, -0.15) is 0 Å². The van der Waals surface area contributed by atoms with Crippen LogP contribution in [-0.4, -0.2) is 23.8 Å². The zero-order chi connectivity index (χ0) is 11.3. The molecule has 1 aliphatic rings. The highest BCUT2D eigenvalue weighted by molar-refractivity contribution is 9.11. The van der Waals surface area contributed by atoms with Crippen LogP contribution in [0.4, 0.5) is 0 Å². The fourth-order valence-corrected chi connectivity index (χ4v) is 2.31. The summed E-state index contributed by atoms with van der Waals surface area (Å²) in [5.74, 6) is -0.907. The van der Waals surface area contributed by atoms with Gasteiger partial charge in [-0.1, -0.05) is 34.3 Å². The lowest BCUT2D eigenvalue weighted by atomic mass is 9.99. The minimum Gasteiger partial charge on any atom is -0.480 e. The molecule has 0 aromatic heterocycles. The summed E-state index contributed by atoms with van der Waals surface area (Å²) in [4.78, 5) is 10.4. The molecule has 0 fully saturated rings. The molecular formula is C11H17BrO3. The first-order chi connectivity index (χ1) is 7.11. The minimum atomic E-state index is -0.907. The summed E-state index contributed by atoms with van der Waals surface area (Å²) in [5.41, 5.74) is 1.28. The van der Waals surface area contributed by atoms with Gasteiger partial charge in [0.2, 0.25) is 0 Å². The van der Waals surface area contributed by atoms with E-state index in [1.165, 1.54) is 18.4 Å². The summed E-state index contributed by atoms with van der Waals surface area (Å²) in [6.07, 6.45) is 5.43. The van der Waals surface area contributed by atoms with Crippen molar-refractivity contribution in [2.45, 2.75) is 45.1 Å². The Hall–Kier alpha value is -0.350. The zero-order valence-corrected chi connectivity index (χ0v) is 10.5. The van der Waals surface area contributed by atoms with E-state index in [-0.39, 0.29) is 12.7 Å². The normalized spacial score (nSPS) is 28.3. The van der Waals surface area contributed by atoms with Crippen LogP contribution >= 0.6 is 15.9 Å². The summed E-state index contributed by atoms with van der Waals surface area (Å²) in [6, 6.07) is 0. The van der Waals surface area contributed by atoms with Gasteiger partial charge in [0.1, 0.15) is 6.61 Å². The molecule has 15 heavy (non-hydrogen) atoms. The quantitative estimate of drug-likeness (QED) is 0.862. The number of carboxylic acid groups (broad SMARTS) is 1. The number of allylic oxidation sites excluding steroid dienone is 1. The Balaban J connectivity index is 2.60. The number of halogens is 1. The van der Waals surface area contributed by atoms with Crippen LogP contribution in [0, 0.1) is 0 Å². The molecule has 0 saturated heterocycles. The van der Waals surface area contributed by atoms with Crippen LogP contribution in [0.5, 0.6) is 0 Å². The summed E-state index contributed by atoms with van der Waals surface area (Å²) >= 11 is 3.52. The van der Waals surface area contributed by atoms with Gasteiger partial charge in [-0.3, -0.25) is 0 Å². The van der Waals surface area contributed by atoms with Gasteiger partial charge in [-0.25, -0.2) is 4.79 Å². The van der Waals surface area contributed by atoms with Crippen molar-refractivity contribution >= 4 is 21.9 Å². The number of hydrogen-bond donors (Lipinski definition) is 1. The van der Waals surface area contributed by atoms with E-state index in [0.29, 0.717) is 0 Å². The molecule has 1 N–H and O–H groups in total. The standard InChI is InChI=1S/C11H17BrO3/c1-8-5-3-2-4-6-9(11(8)12)15-7-10(13)14/h9H,2-7H2,1H3,(H,13,14)/b11-8+. The van der Waals surface area contributed by atoms with E-state index < -0.39 is 5.97 Å². The van der Waals surface area contributed by atoms with E-state index in [1.54, 1.807) is 0 Å². The van der Waals surface area contributed by atoms with Crippen molar-refractivity contribution in [1.29, 1.82) is 0 Å². The van der Waals surface area contributed by atoms with Crippen LogP contribution in [0.1, 0.15) is 39.0 Å². The highest BCUT2D eigenvalue weighted by Gasteiger charge is 2.18. The second kappa shape index (κ2) is 6.28. The molecule has 0 amide bonds. The van der Waals surface area contributed by atoms with Crippen LogP contribution in [0.2, 0.25) is 0 Å². The predicted molar refractivity (Wildman–Crippen MR) is 62.1 cm³/mol. The molecule has 0 aromatic carbocycles. The second-order valence-corrected chi connectivity index (χ2v) is 4.78. The number of carbonyl (C=O) groups is 1. The first-order valence-electron chi connectivity index (χ1n) is 5.30. The third-order valence-electron chi connectivity index (χ3n) is 2.62. The molecule has 0 radical (unpaired) electrons. The highest BCUT2D eigenvalue weighted by atomic mass is 79.9. The number of aliphatic carboxylic acids is 1. The van der Waals surface area contributed by atoms with Crippen molar-refractivity contribution in [1.82, 2.24) is 0 Å². The third-order valence-corrected chi connectivity index (χ3v) is 3.80. The zero-order valence-electron chi connectivity index (χ0n) is 8.96. The van der Waals surface area contributed by atoms with E-state index >= 15 is 0 Å². The smallest absolute Gasteiger partial charge is 0.329 e. The first kappa shape index (κ1) is 12.7. The van der Waals surface area contributed by atoms with Gasteiger partial charge in [0, 0.05) is 4.48 Å². The van der Waals surface area contributed by atoms with Crippen molar-refractivity contribution in [2.24, 2.45) is 0 Å². The molecule has 0 saturated carbocycles. The Morgan fingerprint density at radius 1 is 1.53 bits per heavy atom. The Morgan fingerprint density at radius 3 is 2.93 bits per heavy atom. The van der Waals surface area contributed by atoms with E-state index in [9.17, 15) is 4.79 Å². The SMILES string of the molecule is C/C1=C(\Br)C(OCC(=O)O)CCCCC1. The second-order valence-electron chi connectivity index (χ2n) is 3.92. The molecule has 0 bridgehead atoms. The van der Waals surface area contributed by atoms with Crippen molar-refractivity contribution in [3.05, 3.63) is 10.1 Å². The van der Waals surface area contributed by atoms with E-state index in [0.717, 1.165) is 23.7 Å². The molecule has 1 atom stereocenters. The largest absolute Gasteiger partial charge is 0.480 e. The summed E-state index contributed by atoms with van der Waals surface area (Å²) in [5, 5.41) is 8.57. The van der Waals surface area contributed by atoms with Gasteiger partial charge in [0.05, 0.1) is 6.10 Å². The van der Waals surface area contributed by atoms with Crippen LogP contribution in [-0.2, 0) is 9.53 Å². The van der Waals surface area contributed by atoms with Gasteiger partial charge in [-0.05, 0) is 26.2 Å². The van der Waals surface area contributed by atoms with Crippen molar-refractivity contribution in [3.8, 4) is 0 Å². The number of ether oxygens (including phenoxy) is 1. The molecule has 4 heteroatoms. The van der Waals surface area contributed by atoms with Gasteiger partial charge < -0.3 is 9.84 Å². The van der Waals surface area contributed by atoms with Crippen LogP contribution in [0.3, 0.4) is 0 Å². The first-order valence-corrected chi connectivity index (χ1v) is 6.09. The summed E-state index contributed by atoms with van der Waals surface area (Å²) in [7, 11) is 0. The highest BCUT2D eigenvalue weighted by Crippen LogP contribution is 2.29. The number of hydrogen-bond acceptors (Lipinski definition) is 2. The topological polar surface area (TPSA) is 46.5 Å². The summed E-state index contributed by atoms with van der Waals surface area (Å²) < 4.78 is 6.40. The molecule has 0 heterocycles. The average Bonchev–Trinajstić information content (AvgIpc) is 2.18. The van der Waals surface area contributed by atoms with Gasteiger partial charge in [0.25, 0.3) is 0 Å². The van der Waals surface area contributed by atoms with E-state index in [1.807, 2.05) is 0 Å². The maximum absolute atomic E-state index is 10.4. The lowest BCUT2D eigenvalue weighted by Gasteiger charge is -2.21. The Kier molecular flexibility index (Phi) is 5.32. The molecule has 0 spiro atoms. The summed E-state index contributed by atoms with van der Waals surface area (Å²) in [6.45, 7) is 1.86. The Labute approximate surface area is 98.6 Å². The Morgan fingerprint density at radius 2 is 2.27 bits per heavy atom. The molecule has 3 nitrogen and oxygen atoms in total. The number of rotatable bonds is 3. The Bertz CT molecular complexity index is 261. The lowest BCUT2D eigenvalue weighted by Crippen LogP contribution is -2.20. The van der Waals surface area contributed by atoms with E-state index in [4.69, 9.17) is 9.84 Å². The lowest BCUT2D eigenvalue weighted by molar-refractivity contribution is -0.143. The molecule has 0 aliphatic heterocycles. The van der Waals surface area contributed by atoms with Crippen molar-refractivity contribution in [3.63, 3.8) is 0 Å². The molecule has 1 aliphatic carbocycles.